The van der Waals surface area contributed by atoms with Gasteiger partial charge in [0.15, 0.2) is 23.8 Å². The number of Topliss-reactive ketones (excluding diaryl/α,β-unsaturated/α-hetero) is 1. The first-order valence-corrected chi connectivity index (χ1v) is 12.8. The number of carbonyl (C=O) groups is 4. The number of fused-ring (bicyclic) bond motifs is 5. The zero-order valence-electron chi connectivity index (χ0n) is 22.7. The highest BCUT2D eigenvalue weighted by atomic mass is 16.7. The highest BCUT2D eigenvalue weighted by Gasteiger charge is 2.83. The highest BCUT2D eigenvalue weighted by Crippen LogP contribution is 2.70. The molecule has 0 bridgehead atoms. The van der Waals surface area contributed by atoms with E-state index in [9.17, 15) is 39.6 Å². The zero-order chi connectivity index (χ0) is 28.8. The van der Waals surface area contributed by atoms with E-state index < -0.39 is 100 Å². The van der Waals surface area contributed by atoms with Gasteiger partial charge in [0.1, 0.15) is 29.5 Å². The Hall–Kier alpha value is -2.12. The van der Waals surface area contributed by atoms with Gasteiger partial charge in [0, 0.05) is 38.5 Å². The predicted molar refractivity (Wildman–Crippen MR) is 126 cm³/mol. The third-order valence-corrected chi connectivity index (χ3v) is 10.0. The van der Waals surface area contributed by atoms with Crippen molar-refractivity contribution < 1.29 is 58.6 Å². The fraction of sp³-hybridized carbons (Fsp3) is 0.846. The standard InChI is InChI=1S/C26H38O12/c1-11(27)35-16-8-9-22(4,5)26(34)20(37-13(3)29)18(36-12(2)28)17-14(23(16,26)6)10-15(30)25(33)19(31)21(32)38-24(17,25)7/h14,16-21,31-34H,8-10H2,1-7H3/t14-,16-,17-,18+,19-,20-,21-,23-,24-,25+,26+/m0/s1. The Labute approximate surface area is 220 Å². The number of aliphatic hydroxyl groups excluding tert-OH is 2. The number of rotatable bonds is 3. The van der Waals surface area contributed by atoms with Crippen molar-refractivity contribution in [2.45, 2.75) is 115 Å². The van der Waals surface area contributed by atoms with Crippen LogP contribution in [-0.2, 0) is 38.1 Å². The molecule has 0 amide bonds. The van der Waals surface area contributed by atoms with Crippen molar-refractivity contribution in [1.82, 2.24) is 0 Å². The van der Waals surface area contributed by atoms with Crippen molar-refractivity contribution in [2.24, 2.45) is 22.7 Å². The average Bonchev–Trinajstić information content (AvgIpc) is 2.96. The maximum Gasteiger partial charge on any atom is 0.303 e. The second-order valence-electron chi connectivity index (χ2n) is 12.3. The van der Waals surface area contributed by atoms with Crippen molar-refractivity contribution >= 4 is 23.7 Å². The van der Waals surface area contributed by atoms with Crippen LogP contribution in [0.3, 0.4) is 0 Å². The molecule has 0 aromatic carbocycles. The molecule has 3 aliphatic carbocycles. The van der Waals surface area contributed by atoms with Crippen LogP contribution >= 0.6 is 0 Å². The van der Waals surface area contributed by atoms with Crippen LogP contribution in [0.1, 0.15) is 67.7 Å². The average molecular weight is 543 g/mol. The number of ketones is 1. The summed E-state index contributed by atoms with van der Waals surface area (Å²) in [4.78, 5) is 50.7. The number of ether oxygens (including phenoxy) is 4. The minimum absolute atomic E-state index is 0.293. The molecule has 11 atom stereocenters. The number of hydrogen-bond donors (Lipinski definition) is 4. The van der Waals surface area contributed by atoms with E-state index >= 15 is 0 Å². The van der Waals surface area contributed by atoms with E-state index in [2.05, 4.69) is 0 Å². The molecule has 0 aromatic heterocycles. The van der Waals surface area contributed by atoms with E-state index in [4.69, 9.17) is 18.9 Å². The Morgan fingerprint density at radius 3 is 2.00 bits per heavy atom. The second kappa shape index (κ2) is 8.69. The summed E-state index contributed by atoms with van der Waals surface area (Å²) in [6.07, 6.45) is -7.82. The quantitative estimate of drug-likeness (QED) is 0.271. The molecule has 4 rings (SSSR count). The molecular formula is C26H38O12. The van der Waals surface area contributed by atoms with Crippen molar-refractivity contribution in [3.8, 4) is 0 Å². The minimum Gasteiger partial charge on any atom is -0.462 e. The summed E-state index contributed by atoms with van der Waals surface area (Å²) in [7, 11) is 0. The number of aliphatic hydroxyl groups is 4. The lowest BCUT2D eigenvalue weighted by Gasteiger charge is -2.71. The lowest BCUT2D eigenvalue weighted by Crippen LogP contribution is -2.84. The fourth-order valence-electron chi connectivity index (χ4n) is 8.31. The molecule has 4 N–H and O–H groups in total. The molecular weight excluding hydrogens is 504 g/mol. The van der Waals surface area contributed by atoms with Gasteiger partial charge >= 0.3 is 17.9 Å². The van der Waals surface area contributed by atoms with Gasteiger partial charge in [-0.2, -0.15) is 0 Å². The van der Waals surface area contributed by atoms with E-state index in [1.54, 1.807) is 20.8 Å². The van der Waals surface area contributed by atoms with Crippen LogP contribution < -0.4 is 0 Å². The number of hydrogen-bond acceptors (Lipinski definition) is 12. The first-order chi connectivity index (χ1) is 17.3. The van der Waals surface area contributed by atoms with Gasteiger partial charge in [0.2, 0.25) is 0 Å². The smallest absolute Gasteiger partial charge is 0.303 e. The molecule has 12 nitrogen and oxygen atoms in total. The van der Waals surface area contributed by atoms with Gasteiger partial charge in [0.05, 0.1) is 0 Å². The van der Waals surface area contributed by atoms with E-state index in [0.717, 1.165) is 13.8 Å². The summed E-state index contributed by atoms with van der Waals surface area (Å²) in [6, 6.07) is 0. The van der Waals surface area contributed by atoms with E-state index in [1.807, 2.05) is 0 Å². The van der Waals surface area contributed by atoms with Crippen molar-refractivity contribution in [2.75, 3.05) is 0 Å². The molecule has 0 radical (unpaired) electrons. The van der Waals surface area contributed by atoms with Gasteiger partial charge < -0.3 is 39.4 Å². The van der Waals surface area contributed by atoms with E-state index in [0.29, 0.717) is 12.8 Å². The first-order valence-electron chi connectivity index (χ1n) is 12.8. The van der Waals surface area contributed by atoms with Gasteiger partial charge in [-0.05, 0) is 31.1 Å². The van der Waals surface area contributed by atoms with Gasteiger partial charge in [-0.3, -0.25) is 19.2 Å². The van der Waals surface area contributed by atoms with Crippen LogP contribution in [0, 0.1) is 22.7 Å². The summed E-state index contributed by atoms with van der Waals surface area (Å²) in [5, 5.41) is 45.6. The summed E-state index contributed by atoms with van der Waals surface area (Å²) in [6.45, 7) is 9.89. The molecule has 3 saturated carbocycles. The molecule has 214 valence electrons. The molecule has 1 heterocycles. The lowest BCUT2D eigenvalue weighted by molar-refractivity contribution is -0.360. The number of carbonyl (C=O) groups excluding carboxylic acids is 4. The summed E-state index contributed by atoms with van der Waals surface area (Å²) < 4.78 is 22.9. The van der Waals surface area contributed by atoms with Crippen LogP contribution in [0.5, 0.6) is 0 Å². The maximum atomic E-state index is 13.6. The van der Waals surface area contributed by atoms with Crippen LogP contribution in [0.15, 0.2) is 0 Å². The topological polar surface area (TPSA) is 186 Å². The first kappa shape index (κ1) is 28.9. The minimum atomic E-state index is -2.61. The lowest BCUT2D eigenvalue weighted by atomic mass is 9.37. The zero-order valence-corrected chi connectivity index (χ0v) is 22.7. The summed E-state index contributed by atoms with van der Waals surface area (Å²) in [5.41, 5.74) is -9.22. The third-order valence-electron chi connectivity index (χ3n) is 10.0. The molecule has 4 fully saturated rings. The molecule has 0 unspecified atom stereocenters. The molecule has 1 saturated heterocycles. The molecule has 4 aliphatic rings. The molecule has 0 spiro atoms. The van der Waals surface area contributed by atoms with Gasteiger partial charge in [-0.1, -0.05) is 20.8 Å². The molecule has 1 aliphatic heterocycles. The van der Waals surface area contributed by atoms with E-state index in [1.165, 1.54) is 13.8 Å². The largest absolute Gasteiger partial charge is 0.462 e. The van der Waals surface area contributed by atoms with Crippen molar-refractivity contribution in [3.05, 3.63) is 0 Å². The number of esters is 3. The van der Waals surface area contributed by atoms with Crippen LogP contribution in [0.2, 0.25) is 0 Å². The molecule has 38 heavy (non-hydrogen) atoms. The third kappa shape index (κ3) is 3.39. The SMILES string of the molecule is CC(=O)O[C@@H]1[C@@H]2[C@H](CC(=O)[C@@]3(O)[C@@H](O)[C@@H](O)O[C@@]23C)[C@@]2(C)[C@@H](OC(C)=O)CCC(C)(C)[C@]2(O)[C@H]1OC(C)=O. The van der Waals surface area contributed by atoms with Crippen molar-refractivity contribution in [1.29, 1.82) is 0 Å². The Morgan fingerprint density at radius 2 is 1.47 bits per heavy atom. The Kier molecular flexibility index (Phi) is 6.60. The normalized spacial score (nSPS) is 49.2. The monoisotopic (exact) mass is 542 g/mol. The Bertz CT molecular complexity index is 1060. The van der Waals surface area contributed by atoms with Crippen LogP contribution in [0.4, 0.5) is 0 Å². The maximum absolute atomic E-state index is 13.6. The van der Waals surface area contributed by atoms with Crippen molar-refractivity contribution in [3.63, 3.8) is 0 Å². The Morgan fingerprint density at radius 1 is 0.921 bits per heavy atom. The highest BCUT2D eigenvalue weighted by molar-refractivity contribution is 5.91. The molecule has 12 heteroatoms. The van der Waals surface area contributed by atoms with Gasteiger partial charge in [-0.15, -0.1) is 0 Å². The van der Waals surface area contributed by atoms with Gasteiger partial charge in [-0.25, -0.2) is 0 Å². The second-order valence-corrected chi connectivity index (χ2v) is 12.3. The van der Waals surface area contributed by atoms with E-state index in [-0.39, 0.29) is 0 Å². The van der Waals surface area contributed by atoms with Crippen LogP contribution in [-0.4, -0.2) is 91.6 Å². The van der Waals surface area contributed by atoms with Crippen LogP contribution in [0.25, 0.3) is 0 Å². The Balaban J connectivity index is 2.07. The summed E-state index contributed by atoms with van der Waals surface area (Å²) in [5.74, 6) is -5.27. The van der Waals surface area contributed by atoms with Gasteiger partial charge in [0.25, 0.3) is 0 Å². The molecule has 0 aromatic rings. The fourth-order valence-corrected chi connectivity index (χ4v) is 8.31. The summed E-state index contributed by atoms with van der Waals surface area (Å²) >= 11 is 0. The predicted octanol–water partition coefficient (Wildman–Crippen LogP) is -0.243.